The highest BCUT2D eigenvalue weighted by Crippen LogP contribution is 2.38. The Labute approximate surface area is 184 Å². The van der Waals surface area contributed by atoms with Crippen molar-refractivity contribution in [2.24, 2.45) is 0 Å². The number of phenols is 2. The lowest BCUT2D eigenvalue weighted by atomic mass is 9.94. The van der Waals surface area contributed by atoms with Crippen molar-refractivity contribution in [3.05, 3.63) is 59.7 Å². The molecular weight excluding hydrogens is 396 g/mol. The first kappa shape index (κ1) is 23.5. The van der Waals surface area contributed by atoms with Crippen LogP contribution in [-0.2, 0) is 22.3 Å². The molecule has 2 aromatic carbocycles. The topological polar surface area (TPSA) is 99.4 Å². The molecule has 1 saturated heterocycles. The fraction of sp³-hybridized carbons (Fsp3) is 0.520. The van der Waals surface area contributed by atoms with Crippen molar-refractivity contribution in [2.45, 2.75) is 82.6 Å². The third kappa shape index (κ3) is 5.57. The zero-order chi connectivity index (χ0) is 22.4. The lowest BCUT2D eigenvalue weighted by molar-refractivity contribution is -0.191. The second-order valence-corrected chi connectivity index (χ2v) is 8.25. The van der Waals surface area contributed by atoms with Crippen LogP contribution in [0.3, 0.4) is 0 Å². The van der Waals surface area contributed by atoms with Crippen LogP contribution >= 0.6 is 0 Å². The zero-order valence-electron chi connectivity index (χ0n) is 18.3. The van der Waals surface area contributed by atoms with Crippen LogP contribution in [0.1, 0.15) is 50.7 Å². The van der Waals surface area contributed by atoms with Gasteiger partial charge in [-0.2, -0.15) is 0 Å². The normalized spacial score (nSPS) is 22.3. The van der Waals surface area contributed by atoms with Gasteiger partial charge < -0.3 is 29.9 Å². The van der Waals surface area contributed by atoms with E-state index in [0.717, 1.165) is 11.1 Å². The van der Waals surface area contributed by atoms with E-state index in [4.69, 9.17) is 9.47 Å². The summed E-state index contributed by atoms with van der Waals surface area (Å²) in [6.07, 6.45) is -0.137. The van der Waals surface area contributed by atoms with Crippen molar-refractivity contribution in [1.29, 1.82) is 0 Å². The zero-order valence-corrected chi connectivity index (χ0v) is 18.3. The molecule has 170 valence electrons. The summed E-state index contributed by atoms with van der Waals surface area (Å²) in [5, 5.41) is 41.9. The number of aryl methyl sites for hydroxylation is 2. The average Bonchev–Trinajstić information content (AvgIpc) is 3.18. The highest BCUT2D eigenvalue weighted by molar-refractivity contribution is 5.32. The molecule has 1 fully saturated rings. The molecule has 1 aliphatic heterocycles. The molecule has 0 aromatic heterocycles. The summed E-state index contributed by atoms with van der Waals surface area (Å²) in [7, 11) is 0. The van der Waals surface area contributed by atoms with Crippen LogP contribution in [0.2, 0.25) is 0 Å². The Morgan fingerprint density at radius 3 is 1.48 bits per heavy atom. The third-order valence-corrected chi connectivity index (χ3v) is 6.26. The van der Waals surface area contributed by atoms with Crippen molar-refractivity contribution in [2.75, 3.05) is 0 Å². The van der Waals surface area contributed by atoms with Crippen molar-refractivity contribution in [1.82, 2.24) is 0 Å². The van der Waals surface area contributed by atoms with Gasteiger partial charge in [-0.3, -0.25) is 0 Å². The molecule has 6 nitrogen and oxygen atoms in total. The van der Waals surface area contributed by atoms with Crippen LogP contribution < -0.4 is 0 Å². The molecule has 1 aliphatic rings. The first-order valence-corrected chi connectivity index (χ1v) is 11.1. The van der Waals surface area contributed by atoms with E-state index in [-0.39, 0.29) is 11.5 Å². The number of aliphatic hydroxyl groups is 2. The highest BCUT2D eigenvalue weighted by atomic mass is 16.8. The van der Waals surface area contributed by atoms with Crippen molar-refractivity contribution in [3.63, 3.8) is 0 Å². The largest absolute Gasteiger partial charge is 0.508 e. The van der Waals surface area contributed by atoms with Crippen molar-refractivity contribution < 1.29 is 29.9 Å². The smallest absolute Gasteiger partial charge is 0.169 e. The Morgan fingerprint density at radius 2 is 1.13 bits per heavy atom. The van der Waals surface area contributed by atoms with Gasteiger partial charge in [0.2, 0.25) is 0 Å². The van der Waals surface area contributed by atoms with Crippen LogP contribution in [0, 0.1) is 0 Å². The number of aromatic hydroxyl groups is 2. The van der Waals surface area contributed by atoms with E-state index < -0.39 is 30.2 Å². The predicted molar refractivity (Wildman–Crippen MR) is 118 cm³/mol. The Morgan fingerprint density at radius 1 is 0.742 bits per heavy atom. The molecule has 3 rings (SSSR count). The minimum absolute atomic E-state index is 0.203. The minimum Gasteiger partial charge on any atom is -0.508 e. The van der Waals surface area contributed by atoms with Crippen LogP contribution in [0.4, 0.5) is 0 Å². The van der Waals surface area contributed by atoms with E-state index in [1.165, 1.54) is 0 Å². The maximum atomic E-state index is 10.9. The lowest BCUT2D eigenvalue weighted by Gasteiger charge is -2.26. The fourth-order valence-corrected chi connectivity index (χ4v) is 4.22. The summed E-state index contributed by atoms with van der Waals surface area (Å²) in [6, 6.07) is 14.1. The Hall–Kier alpha value is -2.12. The number of ether oxygens (including phenoxy) is 2. The maximum Gasteiger partial charge on any atom is 0.169 e. The number of benzene rings is 2. The van der Waals surface area contributed by atoms with Gasteiger partial charge in [-0.1, -0.05) is 50.2 Å². The van der Waals surface area contributed by atoms with Gasteiger partial charge in [0.1, 0.15) is 23.7 Å². The molecule has 31 heavy (non-hydrogen) atoms. The van der Waals surface area contributed by atoms with E-state index in [2.05, 4.69) is 0 Å². The quantitative estimate of drug-likeness (QED) is 0.459. The van der Waals surface area contributed by atoms with E-state index in [1.807, 2.05) is 38.1 Å². The molecule has 1 heterocycles. The molecule has 0 saturated carbocycles. The first-order chi connectivity index (χ1) is 14.9. The van der Waals surface area contributed by atoms with Gasteiger partial charge in [0.05, 0.1) is 12.2 Å². The summed E-state index contributed by atoms with van der Waals surface area (Å²) in [6.45, 7) is 3.93. The molecule has 0 bridgehead atoms. The first-order valence-electron chi connectivity index (χ1n) is 11.1. The summed E-state index contributed by atoms with van der Waals surface area (Å²) < 4.78 is 12.4. The van der Waals surface area contributed by atoms with E-state index in [0.29, 0.717) is 38.5 Å². The molecule has 6 heteroatoms. The van der Waals surface area contributed by atoms with Gasteiger partial charge in [-0.15, -0.1) is 0 Å². The monoisotopic (exact) mass is 430 g/mol. The number of aliphatic hydroxyl groups excluding tert-OH is 2. The van der Waals surface area contributed by atoms with Crippen molar-refractivity contribution in [3.8, 4) is 11.5 Å². The van der Waals surface area contributed by atoms with Gasteiger partial charge in [0, 0.05) is 0 Å². The molecule has 0 spiro atoms. The molecule has 4 atom stereocenters. The fourth-order valence-electron chi connectivity index (χ4n) is 4.22. The minimum atomic E-state index is -0.857. The van der Waals surface area contributed by atoms with E-state index >= 15 is 0 Å². The number of para-hydroxylation sites is 2. The van der Waals surface area contributed by atoms with Gasteiger partial charge in [0.25, 0.3) is 0 Å². The van der Waals surface area contributed by atoms with Gasteiger partial charge in [-0.25, -0.2) is 0 Å². The van der Waals surface area contributed by atoms with E-state index in [1.54, 1.807) is 24.3 Å². The van der Waals surface area contributed by atoms with Crippen LogP contribution in [0.5, 0.6) is 11.5 Å². The lowest BCUT2D eigenvalue weighted by Crippen LogP contribution is -2.42. The molecule has 0 aliphatic carbocycles. The van der Waals surface area contributed by atoms with Crippen LogP contribution in [0.15, 0.2) is 48.5 Å². The van der Waals surface area contributed by atoms with E-state index in [9.17, 15) is 20.4 Å². The third-order valence-electron chi connectivity index (χ3n) is 6.26. The van der Waals surface area contributed by atoms with Gasteiger partial charge in [0.15, 0.2) is 5.79 Å². The second kappa shape index (κ2) is 10.5. The SMILES string of the molecule is CCC1(CC)OC(C(O)CCc2ccccc2O)C(C(O)CCc2ccccc2O)O1. The average molecular weight is 431 g/mol. The summed E-state index contributed by atoms with van der Waals surface area (Å²) in [4.78, 5) is 0. The number of hydrogen-bond donors (Lipinski definition) is 4. The summed E-state index contributed by atoms with van der Waals surface area (Å²) in [5.41, 5.74) is 1.52. The number of phenolic OH excluding ortho intramolecular Hbond substituents is 2. The maximum absolute atomic E-state index is 10.9. The second-order valence-electron chi connectivity index (χ2n) is 8.25. The van der Waals surface area contributed by atoms with Crippen LogP contribution in [-0.4, -0.2) is 50.6 Å². The Kier molecular flexibility index (Phi) is 7.94. The molecule has 0 radical (unpaired) electrons. The van der Waals surface area contributed by atoms with Gasteiger partial charge >= 0.3 is 0 Å². The molecule has 2 aromatic rings. The standard InChI is InChI=1S/C25H34O6/c1-3-25(4-2)30-23(21(28)15-13-17-9-5-7-11-19(17)26)24(31-25)22(29)16-14-18-10-6-8-12-20(18)27/h5-12,21-24,26-29H,3-4,13-16H2,1-2H3. The molecular formula is C25H34O6. The molecule has 4 N–H and O–H groups in total. The Balaban J connectivity index is 1.69. The van der Waals surface area contributed by atoms with Gasteiger partial charge in [-0.05, 0) is 61.8 Å². The Bertz CT molecular complexity index is 769. The molecule has 4 unspecified atom stereocenters. The number of rotatable bonds is 10. The number of hydrogen-bond acceptors (Lipinski definition) is 6. The summed E-state index contributed by atoms with van der Waals surface area (Å²) >= 11 is 0. The van der Waals surface area contributed by atoms with Crippen LogP contribution in [0.25, 0.3) is 0 Å². The molecule has 0 amide bonds. The predicted octanol–water partition coefficient (Wildman–Crippen LogP) is 3.69. The van der Waals surface area contributed by atoms with Crippen molar-refractivity contribution >= 4 is 0 Å². The summed E-state index contributed by atoms with van der Waals surface area (Å²) in [5.74, 6) is -0.427. The highest BCUT2D eigenvalue weighted by Gasteiger charge is 2.50.